The molecule has 0 aliphatic rings. The molecule has 9 heteroatoms. The summed E-state index contributed by atoms with van der Waals surface area (Å²) in [4.78, 5) is 42.8. The number of nitrogens with zero attached hydrogens (tertiary/aromatic N) is 3. The van der Waals surface area contributed by atoms with Crippen LogP contribution in [0.5, 0.6) is 0 Å². The van der Waals surface area contributed by atoms with Crippen LogP contribution in [0.15, 0.2) is 17.1 Å². The van der Waals surface area contributed by atoms with Crippen molar-refractivity contribution in [3.63, 3.8) is 0 Å². The lowest BCUT2D eigenvalue weighted by molar-refractivity contribution is -0.150. The Balaban J connectivity index is 2.33. The standard InChI is InChI=1S/C38H70N4O5/c1-4-7-16-24-34(23-9-6-3)47-37(44)26-18-13-11-15-20-29-41(30-22-31-42-32-27-35(39)40-38(42)45)28-19-14-10-12-17-25-36(43)46-33-21-8-5-2/h27,32,34H,4-26,28-31,33H2,1-3H3,(H2,39,40,45). The van der Waals surface area contributed by atoms with Crippen LogP contribution in [0, 0.1) is 0 Å². The number of esters is 2. The number of rotatable bonds is 32. The molecule has 0 aliphatic heterocycles. The number of hydrogen-bond donors (Lipinski definition) is 1. The van der Waals surface area contributed by atoms with Crippen LogP contribution in [-0.2, 0) is 25.6 Å². The van der Waals surface area contributed by atoms with Crippen molar-refractivity contribution in [2.45, 2.75) is 181 Å². The number of carbonyl (C=O) groups excluding carboxylic acids is 2. The third kappa shape index (κ3) is 24.4. The summed E-state index contributed by atoms with van der Waals surface area (Å²) in [6, 6.07) is 1.67. The van der Waals surface area contributed by atoms with Gasteiger partial charge in [0.1, 0.15) is 11.9 Å². The van der Waals surface area contributed by atoms with E-state index >= 15 is 0 Å². The fourth-order valence-corrected chi connectivity index (χ4v) is 5.85. The third-order valence-corrected chi connectivity index (χ3v) is 8.80. The van der Waals surface area contributed by atoms with Gasteiger partial charge in [-0.2, -0.15) is 4.98 Å². The lowest BCUT2D eigenvalue weighted by atomic mass is 10.1. The SMILES string of the molecule is CCCCCOC(=O)CCCCCCCN(CCCCCCCC(=O)OC(CCCC)CCCCC)CCCn1ccc(N)nc1=O. The molecule has 1 unspecified atom stereocenters. The summed E-state index contributed by atoms with van der Waals surface area (Å²) in [6.45, 7) is 10.7. The maximum absolute atomic E-state index is 12.5. The maximum atomic E-state index is 12.5. The molecule has 0 fully saturated rings. The van der Waals surface area contributed by atoms with Crippen molar-refractivity contribution >= 4 is 17.8 Å². The van der Waals surface area contributed by atoms with Gasteiger partial charge in [-0.05, 0) is 83.5 Å². The van der Waals surface area contributed by atoms with Crippen molar-refractivity contribution in [1.29, 1.82) is 0 Å². The van der Waals surface area contributed by atoms with E-state index in [0.717, 1.165) is 142 Å². The summed E-state index contributed by atoms with van der Waals surface area (Å²) in [5, 5.41) is 0. The molecule has 0 aliphatic carbocycles. The van der Waals surface area contributed by atoms with Gasteiger partial charge in [0.15, 0.2) is 0 Å². The van der Waals surface area contributed by atoms with Gasteiger partial charge in [-0.15, -0.1) is 0 Å². The molecule has 0 saturated heterocycles. The molecule has 0 amide bonds. The van der Waals surface area contributed by atoms with Crippen molar-refractivity contribution < 1.29 is 19.1 Å². The zero-order valence-corrected chi connectivity index (χ0v) is 30.5. The molecule has 1 aromatic heterocycles. The largest absolute Gasteiger partial charge is 0.466 e. The van der Waals surface area contributed by atoms with Gasteiger partial charge in [0.2, 0.25) is 0 Å². The van der Waals surface area contributed by atoms with Crippen LogP contribution in [0.1, 0.15) is 168 Å². The van der Waals surface area contributed by atoms with Gasteiger partial charge < -0.3 is 20.1 Å². The minimum absolute atomic E-state index is 0.0217. The van der Waals surface area contributed by atoms with Crippen LogP contribution >= 0.6 is 0 Å². The highest BCUT2D eigenvalue weighted by Crippen LogP contribution is 2.16. The predicted molar refractivity (Wildman–Crippen MR) is 193 cm³/mol. The fraction of sp³-hybridized carbons (Fsp3) is 0.842. The Morgan fingerprint density at radius 1 is 0.723 bits per heavy atom. The second kappa shape index (κ2) is 29.7. The Bertz CT molecular complexity index is 970. The summed E-state index contributed by atoms with van der Waals surface area (Å²) in [7, 11) is 0. The molecule has 0 radical (unpaired) electrons. The number of nitrogen functional groups attached to an aromatic ring is 1. The van der Waals surface area contributed by atoms with Crippen molar-refractivity contribution in [2.24, 2.45) is 0 Å². The molecular formula is C38H70N4O5. The Hall–Kier alpha value is -2.42. The van der Waals surface area contributed by atoms with Gasteiger partial charge in [-0.25, -0.2) is 4.79 Å². The second-order valence-electron chi connectivity index (χ2n) is 13.2. The van der Waals surface area contributed by atoms with Crippen LogP contribution in [0.3, 0.4) is 0 Å². The Morgan fingerprint density at radius 2 is 1.28 bits per heavy atom. The van der Waals surface area contributed by atoms with Gasteiger partial charge in [-0.1, -0.05) is 97.8 Å². The van der Waals surface area contributed by atoms with E-state index < -0.39 is 0 Å². The minimum atomic E-state index is -0.293. The lowest BCUT2D eigenvalue weighted by Crippen LogP contribution is -2.30. The Kier molecular flexibility index (Phi) is 26.9. The first-order valence-electron chi connectivity index (χ1n) is 19.3. The van der Waals surface area contributed by atoms with Gasteiger partial charge in [0, 0.05) is 25.6 Å². The van der Waals surface area contributed by atoms with Crippen molar-refractivity contribution in [3.05, 3.63) is 22.7 Å². The average Bonchev–Trinajstić information content (AvgIpc) is 3.05. The summed E-state index contributed by atoms with van der Waals surface area (Å²) >= 11 is 0. The quantitative estimate of drug-likeness (QED) is 0.0602. The lowest BCUT2D eigenvalue weighted by Gasteiger charge is -2.22. The van der Waals surface area contributed by atoms with Gasteiger partial charge in [0.25, 0.3) is 0 Å². The number of carbonyl (C=O) groups is 2. The van der Waals surface area contributed by atoms with E-state index in [0.29, 0.717) is 26.0 Å². The van der Waals surface area contributed by atoms with Crippen LogP contribution in [0.4, 0.5) is 5.82 Å². The number of aryl methyl sites for hydroxylation is 1. The highest BCUT2D eigenvalue weighted by Gasteiger charge is 2.14. The molecule has 47 heavy (non-hydrogen) atoms. The number of hydrogen-bond acceptors (Lipinski definition) is 8. The number of unbranched alkanes of at least 4 members (excludes halogenated alkanes) is 13. The average molecular weight is 663 g/mol. The number of nitrogens with two attached hydrogens (primary N) is 1. The minimum Gasteiger partial charge on any atom is -0.466 e. The Morgan fingerprint density at radius 3 is 1.91 bits per heavy atom. The predicted octanol–water partition coefficient (Wildman–Crippen LogP) is 8.61. The molecule has 272 valence electrons. The van der Waals surface area contributed by atoms with Crippen LogP contribution in [0.25, 0.3) is 0 Å². The van der Waals surface area contributed by atoms with E-state index in [-0.39, 0.29) is 29.6 Å². The van der Waals surface area contributed by atoms with Crippen LogP contribution in [-0.4, -0.2) is 58.7 Å². The van der Waals surface area contributed by atoms with Crippen molar-refractivity contribution in [3.8, 4) is 0 Å². The number of ether oxygens (including phenoxy) is 2. The van der Waals surface area contributed by atoms with E-state index in [1.165, 1.54) is 12.8 Å². The van der Waals surface area contributed by atoms with E-state index in [1.807, 2.05) is 0 Å². The first-order chi connectivity index (χ1) is 22.9. The van der Waals surface area contributed by atoms with E-state index in [1.54, 1.807) is 16.8 Å². The van der Waals surface area contributed by atoms with Gasteiger partial charge in [0.05, 0.1) is 6.61 Å². The zero-order valence-electron chi connectivity index (χ0n) is 30.5. The van der Waals surface area contributed by atoms with Gasteiger partial charge >= 0.3 is 17.6 Å². The van der Waals surface area contributed by atoms with Crippen LogP contribution in [0.2, 0.25) is 0 Å². The van der Waals surface area contributed by atoms with Crippen molar-refractivity contribution in [1.82, 2.24) is 14.5 Å². The van der Waals surface area contributed by atoms with Crippen molar-refractivity contribution in [2.75, 3.05) is 32.0 Å². The smallest absolute Gasteiger partial charge is 0.349 e. The number of aromatic nitrogens is 2. The second-order valence-corrected chi connectivity index (χ2v) is 13.2. The molecule has 1 aromatic rings. The number of anilines is 1. The monoisotopic (exact) mass is 663 g/mol. The molecule has 1 rings (SSSR count). The zero-order chi connectivity index (χ0) is 34.4. The molecule has 0 spiro atoms. The van der Waals surface area contributed by atoms with E-state index in [4.69, 9.17) is 15.2 Å². The molecule has 2 N–H and O–H groups in total. The fourth-order valence-electron chi connectivity index (χ4n) is 5.85. The van der Waals surface area contributed by atoms with E-state index in [2.05, 4.69) is 30.7 Å². The topological polar surface area (TPSA) is 117 Å². The summed E-state index contributed by atoms with van der Waals surface area (Å²) < 4.78 is 12.8. The molecule has 1 atom stereocenters. The van der Waals surface area contributed by atoms with Gasteiger partial charge in [-0.3, -0.25) is 14.2 Å². The first-order valence-corrected chi connectivity index (χ1v) is 19.3. The molecule has 9 nitrogen and oxygen atoms in total. The molecule has 0 bridgehead atoms. The Labute approximate surface area is 286 Å². The molecule has 0 saturated carbocycles. The summed E-state index contributed by atoms with van der Waals surface area (Å²) in [5.41, 5.74) is 5.34. The summed E-state index contributed by atoms with van der Waals surface area (Å²) in [5.74, 6) is 0.176. The molecular weight excluding hydrogens is 592 g/mol. The van der Waals surface area contributed by atoms with Crippen LogP contribution < -0.4 is 11.4 Å². The maximum Gasteiger partial charge on any atom is 0.349 e. The first kappa shape index (κ1) is 42.6. The highest BCUT2D eigenvalue weighted by molar-refractivity contribution is 5.69. The third-order valence-electron chi connectivity index (χ3n) is 8.80. The molecule has 0 aromatic carbocycles. The highest BCUT2D eigenvalue weighted by atomic mass is 16.5. The normalized spacial score (nSPS) is 12.0. The summed E-state index contributed by atoms with van der Waals surface area (Å²) in [6.07, 6.45) is 25.5. The van der Waals surface area contributed by atoms with E-state index in [9.17, 15) is 14.4 Å². The molecule has 1 heterocycles.